The third-order valence-electron chi connectivity index (χ3n) is 3.41. The van der Waals surface area contributed by atoms with Crippen LogP contribution in [-0.4, -0.2) is 42.7 Å². The zero-order valence-corrected chi connectivity index (χ0v) is 15.5. The average molecular weight is 376 g/mol. The van der Waals surface area contributed by atoms with Crippen molar-refractivity contribution in [3.63, 3.8) is 0 Å². The molecular weight excluding hydrogens is 355 g/mol. The fraction of sp³-hybridized carbons (Fsp3) is 0.263. The summed E-state index contributed by atoms with van der Waals surface area (Å²) in [5.74, 6) is 0.0293. The van der Waals surface area contributed by atoms with Gasteiger partial charge in [-0.05, 0) is 49.4 Å². The maximum atomic E-state index is 13.1. The molecule has 7 heteroatoms. The lowest BCUT2D eigenvalue weighted by atomic mass is 10.3. The molecule has 2 aromatic rings. The molecule has 0 aliphatic rings. The number of anilines is 1. The van der Waals surface area contributed by atoms with E-state index in [1.807, 2.05) is 31.2 Å². The molecule has 2 aromatic carbocycles. The van der Waals surface area contributed by atoms with Crippen LogP contribution in [-0.2, 0) is 9.59 Å². The molecule has 2 amide bonds. The number of carbonyl (C=O) groups is 2. The summed E-state index contributed by atoms with van der Waals surface area (Å²) >= 11 is 1.39. The van der Waals surface area contributed by atoms with Gasteiger partial charge in [-0.3, -0.25) is 9.59 Å². The van der Waals surface area contributed by atoms with E-state index in [4.69, 9.17) is 4.74 Å². The molecule has 0 aromatic heterocycles. The van der Waals surface area contributed by atoms with Crippen LogP contribution in [0.5, 0.6) is 5.75 Å². The summed E-state index contributed by atoms with van der Waals surface area (Å²) in [7, 11) is 1.56. The first kappa shape index (κ1) is 19.8. The zero-order valence-electron chi connectivity index (χ0n) is 14.7. The first-order valence-corrected chi connectivity index (χ1v) is 9.11. The van der Waals surface area contributed by atoms with Gasteiger partial charge >= 0.3 is 0 Å². The number of thioether (sulfide) groups is 1. The number of benzene rings is 2. The monoisotopic (exact) mass is 376 g/mol. The second-order valence-corrected chi connectivity index (χ2v) is 6.55. The number of hydrogen-bond donors (Lipinski definition) is 1. The molecule has 5 nitrogen and oxygen atoms in total. The highest BCUT2D eigenvalue weighted by atomic mass is 32.2. The van der Waals surface area contributed by atoms with E-state index in [1.54, 1.807) is 13.1 Å². The first-order valence-electron chi connectivity index (χ1n) is 8.13. The Morgan fingerprint density at radius 3 is 2.58 bits per heavy atom. The molecule has 0 atom stereocenters. The minimum atomic E-state index is -0.431. The van der Waals surface area contributed by atoms with Gasteiger partial charge in [0.1, 0.15) is 11.6 Å². The van der Waals surface area contributed by atoms with Gasteiger partial charge in [0, 0.05) is 17.6 Å². The van der Waals surface area contributed by atoms with Crippen LogP contribution in [0, 0.1) is 5.82 Å². The molecule has 0 radical (unpaired) electrons. The van der Waals surface area contributed by atoms with Gasteiger partial charge in [-0.2, -0.15) is 0 Å². The lowest BCUT2D eigenvalue weighted by Gasteiger charge is -2.16. The van der Waals surface area contributed by atoms with E-state index in [2.05, 4.69) is 5.32 Å². The number of halogens is 1. The Bertz CT molecular complexity index is 753. The summed E-state index contributed by atoms with van der Waals surface area (Å²) in [6, 6.07) is 13.1. The lowest BCUT2D eigenvalue weighted by molar-refractivity contribution is -0.131. The van der Waals surface area contributed by atoms with Crippen LogP contribution in [0.4, 0.5) is 10.1 Å². The van der Waals surface area contributed by atoms with Gasteiger partial charge in [-0.1, -0.05) is 6.07 Å². The van der Waals surface area contributed by atoms with Crippen LogP contribution >= 0.6 is 11.8 Å². The molecular formula is C19H21FN2O3S. The van der Waals surface area contributed by atoms with Gasteiger partial charge in [0.05, 0.1) is 18.9 Å². The number of ether oxygens (including phenoxy) is 1. The second kappa shape index (κ2) is 9.82. The highest BCUT2D eigenvalue weighted by Crippen LogP contribution is 2.21. The van der Waals surface area contributed by atoms with E-state index >= 15 is 0 Å². The summed E-state index contributed by atoms with van der Waals surface area (Å²) in [6.07, 6.45) is 0. The fourth-order valence-corrected chi connectivity index (χ4v) is 2.96. The maximum Gasteiger partial charge on any atom is 0.243 e. The number of likely N-dealkylation sites (N-methyl/N-ethyl adjacent to an activating group) is 1. The Balaban J connectivity index is 1.78. The summed E-state index contributed by atoms with van der Waals surface area (Å²) in [4.78, 5) is 26.4. The van der Waals surface area contributed by atoms with Crippen LogP contribution in [0.1, 0.15) is 6.92 Å². The largest absolute Gasteiger partial charge is 0.494 e. The zero-order chi connectivity index (χ0) is 18.9. The van der Waals surface area contributed by atoms with Crippen LogP contribution in [0.25, 0.3) is 0 Å². The Labute approximate surface area is 156 Å². The van der Waals surface area contributed by atoms with E-state index < -0.39 is 5.82 Å². The van der Waals surface area contributed by atoms with Crippen molar-refractivity contribution in [2.75, 3.05) is 31.3 Å². The predicted octanol–water partition coefficient (Wildman–Crippen LogP) is 3.41. The van der Waals surface area contributed by atoms with Crippen LogP contribution < -0.4 is 10.1 Å². The maximum absolute atomic E-state index is 13.1. The summed E-state index contributed by atoms with van der Waals surface area (Å²) in [5, 5.41) is 2.57. The van der Waals surface area contributed by atoms with Gasteiger partial charge in [0.25, 0.3) is 0 Å². The number of nitrogens with zero attached hydrogens (tertiary/aromatic N) is 1. The Morgan fingerprint density at radius 2 is 1.92 bits per heavy atom. The Hall–Kier alpha value is -2.54. The average Bonchev–Trinajstić information content (AvgIpc) is 2.61. The van der Waals surface area contributed by atoms with Crippen molar-refractivity contribution < 1.29 is 18.7 Å². The van der Waals surface area contributed by atoms with E-state index in [9.17, 15) is 14.0 Å². The molecule has 0 aliphatic carbocycles. The second-order valence-electron chi connectivity index (χ2n) is 5.50. The van der Waals surface area contributed by atoms with Gasteiger partial charge in [0.2, 0.25) is 11.8 Å². The summed E-state index contributed by atoms with van der Waals surface area (Å²) in [5.41, 5.74) is 0.361. The molecule has 0 fully saturated rings. The van der Waals surface area contributed by atoms with Crippen molar-refractivity contribution in [3.8, 4) is 5.75 Å². The van der Waals surface area contributed by atoms with Crippen LogP contribution in [0.15, 0.2) is 53.4 Å². The highest BCUT2D eigenvalue weighted by Gasteiger charge is 2.13. The molecule has 0 bridgehead atoms. The highest BCUT2D eigenvalue weighted by molar-refractivity contribution is 8.00. The van der Waals surface area contributed by atoms with Crippen molar-refractivity contribution in [2.24, 2.45) is 0 Å². The minimum absolute atomic E-state index is 0.0980. The van der Waals surface area contributed by atoms with Crippen LogP contribution in [0.2, 0.25) is 0 Å². The van der Waals surface area contributed by atoms with Crippen molar-refractivity contribution in [1.82, 2.24) is 4.90 Å². The van der Waals surface area contributed by atoms with Gasteiger partial charge in [0.15, 0.2) is 0 Å². The molecule has 0 heterocycles. The van der Waals surface area contributed by atoms with Gasteiger partial charge in [-0.15, -0.1) is 11.8 Å². The SMILES string of the molecule is CCOc1ccc(SCC(=O)N(C)CC(=O)Nc2cccc(F)c2)cc1. The molecule has 0 saturated carbocycles. The van der Waals surface area contributed by atoms with E-state index in [0.717, 1.165) is 10.6 Å². The molecule has 2 rings (SSSR count). The number of amides is 2. The number of nitrogens with one attached hydrogen (secondary N) is 1. The molecule has 1 N–H and O–H groups in total. The topological polar surface area (TPSA) is 58.6 Å². The Morgan fingerprint density at radius 1 is 1.19 bits per heavy atom. The van der Waals surface area contributed by atoms with Gasteiger partial charge < -0.3 is 15.0 Å². The molecule has 0 saturated heterocycles. The first-order chi connectivity index (χ1) is 12.5. The lowest BCUT2D eigenvalue weighted by Crippen LogP contribution is -2.35. The standard InChI is InChI=1S/C19H21FN2O3S/c1-3-25-16-7-9-17(10-8-16)26-13-19(24)22(2)12-18(23)21-15-6-4-5-14(20)11-15/h4-11H,3,12-13H2,1-2H3,(H,21,23). The molecule has 26 heavy (non-hydrogen) atoms. The van der Waals surface area contributed by atoms with Crippen molar-refractivity contribution in [1.29, 1.82) is 0 Å². The third-order valence-corrected chi connectivity index (χ3v) is 4.41. The normalized spacial score (nSPS) is 10.3. The predicted molar refractivity (Wildman–Crippen MR) is 101 cm³/mol. The smallest absolute Gasteiger partial charge is 0.243 e. The number of carbonyl (C=O) groups excluding carboxylic acids is 2. The number of rotatable bonds is 8. The van der Waals surface area contributed by atoms with E-state index in [1.165, 1.54) is 34.9 Å². The summed E-state index contributed by atoms with van der Waals surface area (Å²) in [6.45, 7) is 2.42. The Kier molecular flexibility index (Phi) is 7.47. The quantitative estimate of drug-likeness (QED) is 0.718. The summed E-state index contributed by atoms with van der Waals surface area (Å²) < 4.78 is 18.5. The van der Waals surface area contributed by atoms with Crippen molar-refractivity contribution >= 4 is 29.3 Å². The third kappa shape index (κ3) is 6.40. The molecule has 138 valence electrons. The van der Waals surface area contributed by atoms with Gasteiger partial charge in [-0.25, -0.2) is 4.39 Å². The minimum Gasteiger partial charge on any atom is -0.494 e. The molecule has 0 spiro atoms. The fourth-order valence-electron chi connectivity index (χ4n) is 2.12. The van der Waals surface area contributed by atoms with Crippen LogP contribution in [0.3, 0.4) is 0 Å². The van der Waals surface area contributed by atoms with E-state index in [0.29, 0.717) is 12.3 Å². The molecule has 0 unspecified atom stereocenters. The van der Waals surface area contributed by atoms with Crippen molar-refractivity contribution in [2.45, 2.75) is 11.8 Å². The van der Waals surface area contributed by atoms with E-state index in [-0.39, 0.29) is 24.1 Å². The molecule has 0 aliphatic heterocycles. The number of hydrogen-bond acceptors (Lipinski definition) is 4. The van der Waals surface area contributed by atoms with Crippen molar-refractivity contribution in [3.05, 3.63) is 54.3 Å².